The van der Waals surface area contributed by atoms with Crippen LogP contribution in [-0.2, 0) is 4.79 Å². The Morgan fingerprint density at radius 3 is 2.15 bits per heavy atom. The van der Waals surface area contributed by atoms with E-state index in [4.69, 9.17) is 5.11 Å². The Balaban J connectivity index is 0. The molecule has 0 atom stereocenters. The molecule has 0 heterocycles. The first-order valence-electron chi connectivity index (χ1n) is 3.25. The molecule has 13 heavy (non-hydrogen) atoms. The predicted octanol–water partition coefficient (Wildman–Crippen LogP) is 0.135. The van der Waals surface area contributed by atoms with Crippen molar-refractivity contribution >= 4 is 12.0 Å². The molecule has 0 bridgehead atoms. The lowest BCUT2D eigenvalue weighted by Gasteiger charge is -1.87. The molecular weight excluding hydrogens is 172 g/mol. The number of hydrogen-bond acceptors (Lipinski definition) is 1. The van der Waals surface area contributed by atoms with Gasteiger partial charge in [-0.05, 0) is 11.6 Å². The maximum absolute atomic E-state index is 10.1. The molecule has 1 rings (SSSR count). The molecule has 0 fully saturated rings. The molecular formula is C9H12O4. The number of hydrogen-bond donors (Lipinski definition) is 1. The topological polar surface area (TPSA) is 100 Å². The number of carboxylic acid groups (broad SMARTS) is 1. The molecule has 0 saturated heterocycles. The first-order chi connectivity index (χ1) is 5.29. The minimum absolute atomic E-state index is 0. The summed E-state index contributed by atoms with van der Waals surface area (Å²) in [4.78, 5) is 10.1. The molecule has 4 heteroatoms. The van der Waals surface area contributed by atoms with Crippen LogP contribution in [-0.4, -0.2) is 22.0 Å². The van der Waals surface area contributed by atoms with Crippen LogP contribution in [0.4, 0.5) is 0 Å². The Morgan fingerprint density at radius 1 is 1.15 bits per heavy atom. The lowest BCUT2D eigenvalue weighted by Crippen LogP contribution is -1.85. The summed E-state index contributed by atoms with van der Waals surface area (Å²) < 4.78 is 0. The van der Waals surface area contributed by atoms with Gasteiger partial charge >= 0.3 is 5.97 Å². The van der Waals surface area contributed by atoms with Crippen LogP contribution in [0, 0.1) is 0 Å². The first kappa shape index (κ1) is 13.9. The van der Waals surface area contributed by atoms with Gasteiger partial charge in [0.2, 0.25) is 0 Å². The summed E-state index contributed by atoms with van der Waals surface area (Å²) in [5, 5.41) is 8.29. The molecule has 4 nitrogen and oxygen atoms in total. The highest BCUT2D eigenvalue weighted by molar-refractivity contribution is 5.85. The summed E-state index contributed by atoms with van der Waals surface area (Å²) in [6.07, 6.45) is 2.68. The average Bonchev–Trinajstić information content (AvgIpc) is 2.03. The molecule has 5 N–H and O–H groups in total. The van der Waals surface area contributed by atoms with Crippen LogP contribution in [0.5, 0.6) is 0 Å². The normalized spacial score (nSPS) is 8.62. The van der Waals surface area contributed by atoms with E-state index in [0.29, 0.717) is 0 Å². The van der Waals surface area contributed by atoms with Crippen LogP contribution in [0.2, 0.25) is 0 Å². The highest BCUT2D eigenvalue weighted by atomic mass is 16.4. The highest BCUT2D eigenvalue weighted by Gasteiger charge is 1.85. The van der Waals surface area contributed by atoms with Gasteiger partial charge in [-0.15, -0.1) is 0 Å². The third-order valence-electron chi connectivity index (χ3n) is 1.22. The lowest BCUT2D eigenvalue weighted by atomic mass is 10.2. The van der Waals surface area contributed by atoms with E-state index in [1.54, 1.807) is 6.08 Å². The van der Waals surface area contributed by atoms with Gasteiger partial charge in [0.25, 0.3) is 0 Å². The summed E-state index contributed by atoms with van der Waals surface area (Å²) in [6, 6.07) is 9.31. The molecule has 1 aromatic rings. The quantitative estimate of drug-likeness (QED) is 0.660. The molecule has 72 valence electrons. The van der Waals surface area contributed by atoms with E-state index in [9.17, 15) is 4.79 Å². The summed E-state index contributed by atoms with van der Waals surface area (Å²) >= 11 is 0. The molecule has 0 aliphatic carbocycles. The number of aliphatic carboxylic acids is 1. The molecule has 0 unspecified atom stereocenters. The van der Waals surface area contributed by atoms with Crippen LogP contribution in [0.25, 0.3) is 6.08 Å². The van der Waals surface area contributed by atoms with Crippen LogP contribution < -0.4 is 0 Å². The Morgan fingerprint density at radius 2 is 1.69 bits per heavy atom. The van der Waals surface area contributed by atoms with Gasteiger partial charge in [0.15, 0.2) is 0 Å². The number of benzene rings is 1. The van der Waals surface area contributed by atoms with Crippen LogP contribution >= 0.6 is 0 Å². The lowest BCUT2D eigenvalue weighted by molar-refractivity contribution is -0.131. The Bertz CT molecular complexity index is 266. The molecule has 0 saturated carbocycles. The molecule has 0 aliphatic rings. The van der Waals surface area contributed by atoms with E-state index < -0.39 is 5.97 Å². The van der Waals surface area contributed by atoms with Crippen molar-refractivity contribution in [1.82, 2.24) is 0 Å². The molecule has 0 spiro atoms. The first-order valence-corrected chi connectivity index (χ1v) is 3.25. The minimum atomic E-state index is -0.922. The van der Waals surface area contributed by atoms with Gasteiger partial charge < -0.3 is 16.1 Å². The molecule has 0 aliphatic heterocycles. The average molecular weight is 184 g/mol. The van der Waals surface area contributed by atoms with Gasteiger partial charge in [0.1, 0.15) is 0 Å². The summed E-state index contributed by atoms with van der Waals surface area (Å²) in [7, 11) is 0. The van der Waals surface area contributed by atoms with E-state index >= 15 is 0 Å². The zero-order valence-electron chi connectivity index (χ0n) is 6.90. The summed E-state index contributed by atoms with van der Waals surface area (Å²) in [6.45, 7) is 0. The molecule has 1 aromatic carbocycles. The molecule has 0 radical (unpaired) electrons. The third kappa shape index (κ3) is 5.60. The van der Waals surface area contributed by atoms with Gasteiger partial charge in [-0.2, -0.15) is 0 Å². The second-order valence-corrected chi connectivity index (χ2v) is 2.08. The predicted molar refractivity (Wildman–Crippen MR) is 50.3 cm³/mol. The summed E-state index contributed by atoms with van der Waals surface area (Å²) in [5.74, 6) is -0.922. The highest BCUT2D eigenvalue weighted by Crippen LogP contribution is 1.99. The Kier molecular flexibility index (Phi) is 7.51. The monoisotopic (exact) mass is 184 g/mol. The van der Waals surface area contributed by atoms with Crippen LogP contribution in [0.1, 0.15) is 5.56 Å². The fourth-order valence-corrected chi connectivity index (χ4v) is 0.732. The minimum Gasteiger partial charge on any atom is -0.478 e. The zero-order valence-corrected chi connectivity index (χ0v) is 6.90. The van der Waals surface area contributed by atoms with Crippen molar-refractivity contribution in [3.8, 4) is 0 Å². The van der Waals surface area contributed by atoms with E-state index in [-0.39, 0.29) is 11.0 Å². The fraction of sp³-hybridized carbons (Fsp3) is 0. The summed E-state index contributed by atoms with van der Waals surface area (Å²) in [5.41, 5.74) is 0.898. The van der Waals surface area contributed by atoms with Crippen LogP contribution in [0.15, 0.2) is 36.4 Å². The van der Waals surface area contributed by atoms with Crippen molar-refractivity contribution in [1.29, 1.82) is 0 Å². The van der Waals surface area contributed by atoms with Gasteiger partial charge in [-0.25, -0.2) is 4.79 Å². The van der Waals surface area contributed by atoms with Crippen LogP contribution in [0.3, 0.4) is 0 Å². The van der Waals surface area contributed by atoms with Crippen molar-refractivity contribution < 1.29 is 20.9 Å². The van der Waals surface area contributed by atoms with E-state index in [2.05, 4.69) is 0 Å². The SMILES string of the molecule is O.O.O=C(O)C=Cc1ccccc1. The van der Waals surface area contributed by atoms with Crippen molar-refractivity contribution in [3.63, 3.8) is 0 Å². The Hall–Kier alpha value is -1.65. The maximum Gasteiger partial charge on any atom is 0.328 e. The van der Waals surface area contributed by atoms with Crippen molar-refractivity contribution in [3.05, 3.63) is 42.0 Å². The molecule has 0 aromatic heterocycles. The second kappa shape index (κ2) is 7.02. The van der Waals surface area contributed by atoms with E-state index in [1.807, 2.05) is 30.3 Å². The maximum atomic E-state index is 10.1. The third-order valence-corrected chi connectivity index (χ3v) is 1.22. The second-order valence-electron chi connectivity index (χ2n) is 2.08. The van der Waals surface area contributed by atoms with Gasteiger partial charge in [-0.3, -0.25) is 0 Å². The Labute approximate surface area is 75.8 Å². The largest absolute Gasteiger partial charge is 0.478 e. The number of rotatable bonds is 2. The molecule has 0 amide bonds. The van der Waals surface area contributed by atoms with Gasteiger partial charge in [-0.1, -0.05) is 30.3 Å². The van der Waals surface area contributed by atoms with E-state index in [0.717, 1.165) is 11.6 Å². The van der Waals surface area contributed by atoms with Gasteiger partial charge in [0.05, 0.1) is 0 Å². The van der Waals surface area contributed by atoms with Crippen molar-refractivity contribution in [2.75, 3.05) is 0 Å². The number of carbonyl (C=O) groups is 1. The standard InChI is InChI=1S/C9H8O2.2H2O/c10-9(11)7-6-8-4-2-1-3-5-8;;/h1-7H,(H,10,11);2*1H2. The fourth-order valence-electron chi connectivity index (χ4n) is 0.732. The number of carboxylic acids is 1. The smallest absolute Gasteiger partial charge is 0.328 e. The van der Waals surface area contributed by atoms with Gasteiger partial charge in [0, 0.05) is 6.08 Å². The zero-order chi connectivity index (χ0) is 8.10. The van der Waals surface area contributed by atoms with Crippen molar-refractivity contribution in [2.24, 2.45) is 0 Å². The van der Waals surface area contributed by atoms with Crippen molar-refractivity contribution in [2.45, 2.75) is 0 Å². The van der Waals surface area contributed by atoms with E-state index in [1.165, 1.54) is 0 Å².